The van der Waals surface area contributed by atoms with Crippen LogP contribution >= 0.6 is 0 Å². The summed E-state index contributed by atoms with van der Waals surface area (Å²) in [5.41, 5.74) is 1.15. The van der Waals surface area contributed by atoms with Crippen molar-refractivity contribution in [3.63, 3.8) is 0 Å². The van der Waals surface area contributed by atoms with E-state index in [9.17, 15) is 3.83 Å². The fraction of sp³-hybridized carbons (Fsp3) is 0.217. The van der Waals surface area contributed by atoms with Crippen LogP contribution in [0.3, 0.4) is 0 Å². The minimum atomic E-state index is -2.01. The van der Waals surface area contributed by atoms with Crippen LogP contribution in [-0.2, 0) is 20.9 Å². The van der Waals surface area contributed by atoms with E-state index in [0.717, 1.165) is 10.4 Å². The number of rotatable bonds is 6. The molecular formula is C23H27FeNOSe+2. The summed E-state index contributed by atoms with van der Waals surface area (Å²) in [4.78, 5) is 3.20. The molecule has 2 nitrogen and oxygen atoms in total. The van der Waals surface area contributed by atoms with Gasteiger partial charge in [0.1, 0.15) is 0 Å². The fourth-order valence-electron chi connectivity index (χ4n) is 2.49. The van der Waals surface area contributed by atoms with Gasteiger partial charge in [0.25, 0.3) is 0 Å². The van der Waals surface area contributed by atoms with Crippen LogP contribution in [0.5, 0.6) is 0 Å². The van der Waals surface area contributed by atoms with Crippen molar-refractivity contribution < 1.29 is 20.9 Å². The average molecular weight is 468 g/mol. The largest absolute Gasteiger partial charge is 2.00 e. The Morgan fingerprint density at radius 1 is 0.963 bits per heavy atom. The molecule has 0 heterocycles. The van der Waals surface area contributed by atoms with Crippen LogP contribution in [0.2, 0.25) is 5.32 Å². The first-order valence-corrected chi connectivity index (χ1v) is 11.5. The molecule has 27 heavy (non-hydrogen) atoms. The molecule has 0 saturated heterocycles. The predicted molar refractivity (Wildman–Crippen MR) is 111 cm³/mol. The standard InChI is InChI=1S/C18H22NOSe.C5H5.Fe/c1-15(19(2)3)17-12-7-13-18(17)21(20)14-8-11-16-9-5-4-6-10-16;1-2-4-5-3-1;/h4-13,15H,14H2,1-3H3;1-5H;/q;;+2/b11-8-;;/t15-,21?;;/m1../s1. The summed E-state index contributed by atoms with van der Waals surface area (Å²) in [6, 6.07) is 10.4. The molecular weight excluding hydrogens is 441 g/mol. The maximum atomic E-state index is 12.6. The molecule has 1 aromatic rings. The summed E-state index contributed by atoms with van der Waals surface area (Å²) in [7, 11) is 4.10. The third-order valence-electron chi connectivity index (χ3n) is 4.19. The normalized spacial score (nSPS) is 20.3. The van der Waals surface area contributed by atoms with Gasteiger partial charge in [-0.3, -0.25) is 0 Å². The van der Waals surface area contributed by atoms with Gasteiger partial charge >= 0.3 is 150 Å². The molecule has 10 radical (unpaired) electrons. The van der Waals surface area contributed by atoms with Gasteiger partial charge < -0.3 is 0 Å². The van der Waals surface area contributed by atoms with Crippen LogP contribution in [0.15, 0.2) is 36.4 Å². The van der Waals surface area contributed by atoms with Crippen LogP contribution in [0.1, 0.15) is 12.5 Å². The Morgan fingerprint density at radius 3 is 2.11 bits per heavy atom. The van der Waals surface area contributed by atoms with E-state index in [4.69, 9.17) is 0 Å². The first-order chi connectivity index (χ1) is 12.6. The molecule has 3 rings (SSSR count). The third kappa shape index (κ3) is 8.75. The van der Waals surface area contributed by atoms with Crippen LogP contribution in [-0.4, -0.2) is 38.9 Å². The van der Waals surface area contributed by atoms with E-state index in [1.54, 1.807) is 0 Å². The van der Waals surface area contributed by atoms with Gasteiger partial charge in [-0.05, 0) is 32.1 Å². The SMILES string of the molecule is C[C@H]([C]1[CH][CH][CH][C]1[Se](=O)C/C=C\c1ccccc1)N(C)C.[CH]1[CH][CH][CH][CH]1.[Fe+2]. The van der Waals surface area contributed by atoms with Crippen molar-refractivity contribution >= 4 is 19.9 Å². The minimum absolute atomic E-state index is 0. The molecule has 2 atom stereocenters. The van der Waals surface area contributed by atoms with Crippen LogP contribution in [0, 0.1) is 62.1 Å². The van der Waals surface area contributed by atoms with Crippen molar-refractivity contribution in [2.24, 2.45) is 0 Å². The molecule has 142 valence electrons. The second kappa shape index (κ2) is 13.9. The second-order valence-electron chi connectivity index (χ2n) is 6.27. The Kier molecular flexibility index (Phi) is 12.7. The Morgan fingerprint density at radius 2 is 1.56 bits per heavy atom. The van der Waals surface area contributed by atoms with Crippen LogP contribution in [0.4, 0.5) is 0 Å². The van der Waals surface area contributed by atoms with Crippen molar-refractivity contribution in [2.45, 2.75) is 18.3 Å². The molecule has 0 N–H and O–H groups in total. The van der Waals surface area contributed by atoms with E-state index >= 15 is 0 Å². The minimum Gasteiger partial charge on any atom is -0.0312 e. The van der Waals surface area contributed by atoms with Gasteiger partial charge in [0.05, 0.1) is 0 Å². The Balaban J connectivity index is 0.000000526. The van der Waals surface area contributed by atoms with Gasteiger partial charge in [0, 0.05) is 0 Å². The Bertz CT molecular complexity index is 549. The van der Waals surface area contributed by atoms with Crippen LogP contribution in [0.25, 0.3) is 6.08 Å². The van der Waals surface area contributed by atoms with Crippen molar-refractivity contribution in [2.75, 3.05) is 14.1 Å². The molecule has 4 heteroatoms. The van der Waals surface area contributed by atoms with Crippen molar-refractivity contribution in [1.29, 1.82) is 0 Å². The van der Waals surface area contributed by atoms with E-state index in [-0.39, 0.29) is 17.1 Å². The summed E-state index contributed by atoms with van der Waals surface area (Å²) in [5, 5.41) is 0.645. The molecule has 2 aliphatic carbocycles. The first kappa shape index (κ1) is 24.8. The molecule has 0 amide bonds. The van der Waals surface area contributed by atoms with Crippen molar-refractivity contribution in [3.05, 3.63) is 104 Å². The summed E-state index contributed by atoms with van der Waals surface area (Å²) in [6.07, 6.45) is 20.2. The molecule has 1 aromatic carbocycles. The summed E-state index contributed by atoms with van der Waals surface area (Å²) < 4.78 is 12.6. The number of nitrogens with zero attached hydrogens (tertiary/aromatic N) is 1. The third-order valence-corrected chi connectivity index (χ3v) is 7.04. The van der Waals surface area contributed by atoms with Gasteiger partial charge in [-0.1, -0.05) is 0 Å². The zero-order valence-electron chi connectivity index (χ0n) is 16.1. The first-order valence-electron chi connectivity index (χ1n) is 8.78. The summed E-state index contributed by atoms with van der Waals surface area (Å²) >= 11 is -2.01. The number of hydrogen-bond donors (Lipinski definition) is 0. The van der Waals surface area contributed by atoms with E-state index in [0.29, 0.717) is 11.4 Å². The van der Waals surface area contributed by atoms with E-state index < -0.39 is 13.8 Å². The maximum Gasteiger partial charge on any atom is 2.00 e. The maximum absolute atomic E-state index is 12.6. The predicted octanol–water partition coefficient (Wildman–Crippen LogP) is 4.41. The molecule has 2 fully saturated rings. The molecule has 1 unspecified atom stereocenters. The summed E-state index contributed by atoms with van der Waals surface area (Å²) in [5.74, 6) is 1.20. The van der Waals surface area contributed by atoms with E-state index in [1.807, 2.05) is 75.3 Å². The zero-order valence-corrected chi connectivity index (χ0v) is 18.9. The second-order valence-corrected chi connectivity index (χ2v) is 9.34. The molecule has 2 aliphatic rings. The van der Waals surface area contributed by atoms with E-state index in [1.165, 1.54) is 5.92 Å². The molecule has 0 aliphatic heterocycles. The van der Waals surface area contributed by atoms with Crippen LogP contribution < -0.4 is 0 Å². The zero-order chi connectivity index (χ0) is 18.8. The smallest absolute Gasteiger partial charge is 0.0312 e. The van der Waals surface area contributed by atoms with E-state index in [2.05, 4.69) is 44.5 Å². The number of hydrogen-bond acceptors (Lipinski definition) is 2. The summed E-state index contributed by atoms with van der Waals surface area (Å²) in [6.45, 7) is 2.15. The monoisotopic (exact) mass is 469 g/mol. The van der Waals surface area contributed by atoms with Gasteiger partial charge in [-0.25, -0.2) is 0 Å². The fourth-order valence-corrected chi connectivity index (χ4v) is 4.98. The number of benzene rings is 1. The number of allylic oxidation sites excluding steroid dienone is 1. The van der Waals surface area contributed by atoms with Gasteiger partial charge in [0.15, 0.2) is 0 Å². The van der Waals surface area contributed by atoms with Gasteiger partial charge in [0.2, 0.25) is 0 Å². The average Bonchev–Trinajstić information content (AvgIpc) is 3.36. The topological polar surface area (TPSA) is 20.3 Å². The molecule has 0 aromatic heterocycles. The molecule has 0 spiro atoms. The Hall–Kier alpha value is -0.241. The Labute approximate surface area is 181 Å². The quantitative estimate of drug-likeness (QED) is 0.577. The van der Waals surface area contributed by atoms with Gasteiger partial charge in [-0.15, -0.1) is 0 Å². The molecule has 2 saturated carbocycles. The van der Waals surface area contributed by atoms with Crippen molar-refractivity contribution in [3.8, 4) is 0 Å². The molecule has 0 bridgehead atoms. The van der Waals surface area contributed by atoms with Crippen molar-refractivity contribution in [1.82, 2.24) is 4.90 Å². The van der Waals surface area contributed by atoms with Gasteiger partial charge in [-0.2, -0.15) is 0 Å².